The Morgan fingerprint density at radius 1 is 0.389 bits per heavy atom. The molecule has 0 atom stereocenters. The topological polar surface area (TPSA) is 4.41 Å². The van der Waals surface area contributed by atoms with Gasteiger partial charge in [-0.25, -0.2) is 0 Å². The third-order valence-corrected chi connectivity index (χ3v) is 9.04. The second-order valence-corrected chi connectivity index (χ2v) is 10.8. The van der Waals surface area contributed by atoms with E-state index in [-0.39, 0.29) is 0 Å². The molecule has 1 nitrogen and oxygen atoms in total. The average molecular weight is 474 g/mol. The van der Waals surface area contributed by atoms with Crippen LogP contribution in [0.25, 0.3) is 79.8 Å². The van der Waals surface area contributed by atoms with E-state index in [1.165, 1.54) is 79.8 Å². The van der Waals surface area contributed by atoms with Gasteiger partial charge < -0.3 is 4.40 Å². The molecule has 6 aromatic carbocycles. The van der Waals surface area contributed by atoms with Crippen molar-refractivity contribution >= 4 is 91.1 Å². The van der Waals surface area contributed by atoms with Crippen LogP contribution in [0.15, 0.2) is 115 Å². The van der Waals surface area contributed by atoms with E-state index in [1.54, 1.807) is 0 Å². The Morgan fingerprint density at radius 2 is 1.03 bits per heavy atom. The van der Waals surface area contributed by atoms with Crippen molar-refractivity contribution in [2.75, 3.05) is 0 Å². The molecule has 0 spiro atoms. The van der Waals surface area contributed by atoms with Crippen LogP contribution < -0.4 is 0 Å². The van der Waals surface area contributed by atoms with Crippen molar-refractivity contribution in [2.24, 2.45) is 0 Å². The lowest BCUT2D eigenvalue weighted by molar-refractivity contribution is 1.35. The molecule has 0 aliphatic rings. The van der Waals surface area contributed by atoms with Crippen molar-refractivity contribution in [3.05, 3.63) is 115 Å². The third kappa shape index (κ3) is 2.26. The largest absolute Gasteiger partial charge is 0.309 e. The fraction of sp³-hybridized carbons (Fsp3) is 0. The Kier molecular flexibility index (Phi) is 3.47. The molecular formula is C34H19NS. The molecular weight excluding hydrogens is 454 g/mol. The minimum Gasteiger partial charge on any atom is -0.309 e. The summed E-state index contributed by atoms with van der Waals surface area (Å²) in [6, 6.07) is 42.7. The molecule has 0 bridgehead atoms. The predicted molar refractivity (Wildman–Crippen MR) is 158 cm³/mol. The lowest BCUT2D eigenvalue weighted by Crippen LogP contribution is -1.93. The molecule has 3 heterocycles. The van der Waals surface area contributed by atoms with Gasteiger partial charge in [0.2, 0.25) is 0 Å². The fourth-order valence-corrected chi connectivity index (χ4v) is 7.55. The van der Waals surface area contributed by atoms with Crippen LogP contribution in [0.1, 0.15) is 0 Å². The van der Waals surface area contributed by atoms with Crippen molar-refractivity contribution in [1.29, 1.82) is 0 Å². The van der Waals surface area contributed by atoms with Gasteiger partial charge in [0, 0.05) is 41.7 Å². The predicted octanol–water partition coefficient (Wildman–Crippen LogP) is 10.1. The van der Waals surface area contributed by atoms with Crippen molar-refractivity contribution in [3.63, 3.8) is 0 Å². The van der Waals surface area contributed by atoms with Crippen LogP contribution in [0, 0.1) is 0 Å². The quantitative estimate of drug-likeness (QED) is 0.193. The summed E-state index contributed by atoms with van der Waals surface area (Å²) in [7, 11) is 0. The maximum atomic E-state index is 2.50. The maximum Gasteiger partial charge on any atom is 0.0555 e. The fourth-order valence-electron chi connectivity index (χ4n) is 6.43. The van der Waals surface area contributed by atoms with E-state index >= 15 is 0 Å². The number of nitrogens with zero attached hydrogens (tertiary/aromatic N) is 1. The van der Waals surface area contributed by atoms with Gasteiger partial charge in [-0.2, -0.15) is 0 Å². The molecule has 0 unspecified atom stereocenters. The smallest absolute Gasteiger partial charge is 0.0555 e. The van der Waals surface area contributed by atoms with Crippen LogP contribution in [0.5, 0.6) is 0 Å². The number of pyridine rings is 1. The van der Waals surface area contributed by atoms with Crippen LogP contribution >= 0.6 is 11.3 Å². The summed E-state index contributed by atoms with van der Waals surface area (Å²) in [4.78, 5) is 0. The first kappa shape index (κ1) is 18.9. The molecule has 166 valence electrons. The second-order valence-electron chi connectivity index (χ2n) is 9.73. The highest BCUT2D eigenvalue weighted by Gasteiger charge is 2.19. The average Bonchev–Trinajstić information content (AvgIpc) is 3.50. The standard InChI is InChI=1S/C34H19NS/c1-7-15-28-20(9-1)17-30-34-25-14-5-3-11-22(25)21-10-2-4-13-24(21)33(34)27-18-26-23-12-6-8-16-31(23)36-32(26)19-29(27)35(28)30/h1-19H. The number of hydrogen-bond donors (Lipinski definition) is 0. The highest BCUT2D eigenvalue weighted by molar-refractivity contribution is 7.25. The molecule has 0 aliphatic heterocycles. The SMILES string of the molecule is c1ccc2c(c1)cc1c3c4ccccc4c4ccccc4c3c3cc4c(cc3n21)sc1ccccc14. The minimum absolute atomic E-state index is 1.26. The molecule has 36 heavy (non-hydrogen) atoms. The molecule has 0 radical (unpaired) electrons. The molecule has 0 fully saturated rings. The first-order chi connectivity index (χ1) is 17.9. The molecule has 0 saturated heterocycles. The molecule has 3 aromatic heterocycles. The van der Waals surface area contributed by atoms with E-state index in [0.717, 1.165) is 0 Å². The highest BCUT2D eigenvalue weighted by Crippen LogP contribution is 2.45. The summed E-state index contributed by atoms with van der Waals surface area (Å²) in [5.74, 6) is 0. The van der Waals surface area contributed by atoms with Gasteiger partial charge >= 0.3 is 0 Å². The molecule has 0 amide bonds. The van der Waals surface area contributed by atoms with Crippen LogP contribution in [0.3, 0.4) is 0 Å². The number of fused-ring (bicyclic) bond motifs is 16. The van der Waals surface area contributed by atoms with Crippen molar-refractivity contribution in [2.45, 2.75) is 0 Å². The van der Waals surface area contributed by atoms with E-state index < -0.39 is 0 Å². The van der Waals surface area contributed by atoms with Crippen LogP contribution in [-0.2, 0) is 0 Å². The Balaban J connectivity index is 1.71. The Bertz CT molecular complexity index is 2370. The van der Waals surface area contributed by atoms with E-state index in [4.69, 9.17) is 0 Å². The lowest BCUT2D eigenvalue weighted by atomic mass is 9.91. The van der Waals surface area contributed by atoms with Gasteiger partial charge in [-0.1, -0.05) is 84.9 Å². The number of benzene rings is 6. The van der Waals surface area contributed by atoms with E-state index in [9.17, 15) is 0 Å². The molecule has 2 heteroatoms. The van der Waals surface area contributed by atoms with E-state index in [2.05, 4.69) is 120 Å². The summed E-state index contributed by atoms with van der Waals surface area (Å²) in [6.07, 6.45) is 0. The number of aromatic nitrogens is 1. The Labute approximate surface area is 210 Å². The number of rotatable bonds is 0. The van der Waals surface area contributed by atoms with Gasteiger partial charge in [-0.3, -0.25) is 0 Å². The molecule has 0 saturated carbocycles. The minimum atomic E-state index is 1.26. The van der Waals surface area contributed by atoms with Crippen LogP contribution in [0.4, 0.5) is 0 Å². The van der Waals surface area contributed by atoms with Crippen molar-refractivity contribution in [3.8, 4) is 0 Å². The zero-order chi connectivity index (χ0) is 23.4. The number of para-hydroxylation sites is 1. The van der Waals surface area contributed by atoms with Crippen LogP contribution in [-0.4, -0.2) is 4.40 Å². The maximum absolute atomic E-state index is 2.50. The lowest BCUT2D eigenvalue weighted by Gasteiger charge is -2.16. The molecule has 0 aliphatic carbocycles. The van der Waals surface area contributed by atoms with Gasteiger partial charge in [0.1, 0.15) is 0 Å². The van der Waals surface area contributed by atoms with Gasteiger partial charge in [-0.05, 0) is 51.9 Å². The normalized spacial score (nSPS) is 12.4. The summed E-state index contributed by atoms with van der Waals surface area (Å²) >= 11 is 1.89. The highest BCUT2D eigenvalue weighted by atomic mass is 32.1. The Morgan fingerprint density at radius 3 is 1.83 bits per heavy atom. The zero-order valence-electron chi connectivity index (χ0n) is 19.3. The Hall–Kier alpha value is -4.40. The monoisotopic (exact) mass is 473 g/mol. The second kappa shape index (κ2) is 6.63. The van der Waals surface area contributed by atoms with Crippen molar-refractivity contribution in [1.82, 2.24) is 4.40 Å². The summed E-state index contributed by atoms with van der Waals surface area (Å²) < 4.78 is 5.18. The summed E-state index contributed by atoms with van der Waals surface area (Å²) in [6.45, 7) is 0. The van der Waals surface area contributed by atoms with E-state index in [0.29, 0.717) is 0 Å². The number of thiophene rings is 1. The zero-order valence-corrected chi connectivity index (χ0v) is 20.1. The third-order valence-electron chi connectivity index (χ3n) is 7.91. The van der Waals surface area contributed by atoms with Crippen LogP contribution in [0.2, 0.25) is 0 Å². The van der Waals surface area contributed by atoms with Crippen molar-refractivity contribution < 1.29 is 0 Å². The van der Waals surface area contributed by atoms with Gasteiger partial charge in [0.05, 0.1) is 16.6 Å². The van der Waals surface area contributed by atoms with Gasteiger partial charge in [0.15, 0.2) is 0 Å². The van der Waals surface area contributed by atoms with Gasteiger partial charge in [0.25, 0.3) is 0 Å². The molecule has 9 aromatic rings. The number of hydrogen-bond acceptors (Lipinski definition) is 1. The summed E-state index contributed by atoms with van der Waals surface area (Å²) in [5, 5.41) is 13.2. The summed E-state index contributed by atoms with van der Waals surface area (Å²) in [5.41, 5.74) is 3.82. The van der Waals surface area contributed by atoms with E-state index in [1.807, 2.05) is 11.3 Å². The molecule has 9 rings (SSSR count). The first-order valence-electron chi connectivity index (χ1n) is 12.4. The molecule has 0 N–H and O–H groups in total. The van der Waals surface area contributed by atoms with Gasteiger partial charge in [-0.15, -0.1) is 11.3 Å². The first-order valence-corrected chi connectivity index (χ1v) is 13.2.